The number of nitriles is 1. The van der Waals surface area contributed by atoms with Gasteiger partial charge in [0.25, 0.3) is 0 Å². The monoisotopic (exact) mass is 323 g/mol. The first-order chi connectivity index (χ1) is 11.2. The Morgan fingerprint density at radius 1 is 1.39 bits per heavy atom. The number of ether oxygens (including phenoxy) is 1. The highest BCUT2D eigenvalue weighted by molar-refractivity contribution is 7.98. The minimum Gasteiger partial charge on any atom is -0.457 e. The van der Waals surface area contributed by atoms with E-state index in [0.29, 0.717) is 21.7 Å². The zero-order valence-corrected chi connectivity index (χ0v) is 13.2. The van der Waals surface area contributed by atoms with Gasteiger partial charge in [0.1, 0.15) is 17.7 Å². The van der Waals surface area contributed by atoms with E-state index in [9.17, 15) is 10.1 Å². The van der Waals surface area contributed by atoms with Crippen molar-refractivity contribution in [1.82, 2.24) is 9.38 Å². The van der Waals surface area contributed by atoms with Crippen LogP contribution < -0.4 is 0 Å². The first kappa shape index (κ1) is 15.1. The number of fused-ring (bicyclic) bond motifs is 1. The van der Waals surface area contributed by atoms with E-state index in [1.54, 1.807) is 24.5 Å². The molecule has 6 heteroatoms. The SMILES string of the molecule is CSc1ncccc1C(=O)OCc1cn2ccccc2c1C#N. The predicted molar refractivity (Wildman–Crippen MR) is 87.2 cm³/mol. The number of hydrogen-bond acceptors (Lipinski definition) is 5. The van der Waals surface area contributed by atoms with Gasteiger partial charge in [0, 0.05) is 24.2 Å². The molecule has 0 bridgehead atoms. The van der Waals surface area contributed by atoms with E-state index in [1.807, 2.05) is 35.1 Å². The summed E-state index contributed by atoms with van der Waals surface area (Å²) in [5.74, 6) is -0.443. The summed E-state index contributed by atoms with van der Waals surface area (Å²) in [4.78, 5) is 16.4. The summed E-state index contributed by atoms with van der Waals surface area (Å²) in [5, 5.41) is 9.98. The third kappa shape index (κ3) is 2.91. The molecular formula is C17H13N3O2S. The second-order valence-corrected chi connectivity index (χ2v) is 5.57. The molecule has 0 N–H and O–H groups in total. The smallest absolute Gasteiger partial charge is 0.341 e. The van der Waals surface area contributed by atoms with Crippen molar-refractivity contribution in [1.29, 1.82) is 5.26 Å². The van der Waals surface area contributed by atoms with Gasteiger partial charge in [-0.05, 0) is 30.5 Å². The summed E-state index contributed by atoms with van der Waals surface area (Å²) < 4.78 is 7.22. The van der Waals surface area contributed by atoms with E-state index in [2.05, 4.69) is 11.1 Å². The number of rotatable bonds is 4. The van der Waals surface area contributed by atoms with Crippen LogP contribution in [-0.4, -0.2) is 21.6 Å². The van der Waals surface area contributed by atoms with E-state index in [0.717, 1.165) is 5.52 Å². The van der Waals surface area contributed by atoms with Crippen molar-refractivity contribution in [2.24, 2.45) is 0 Å². The molecule has 3 heterocycles. The molecule has 0 aromatic carbocycles. The molecule has 114 valence electrons. The quantitative estimate of drug-likeness (QED) is 0.544. The molecule has 0 saturated carbocycles. The first-order valence-corrected chi connectivity index (χ1v) is 8.12. The Bertz CT molecular complexity index is 912. The maximum atomic E-state index is 12.2. The average molecular weight is 323 g/mol. The second kappa shape index (κ2) is 6.55. The van der Waals surface area contributed by atoms with Crippen molar-refractivity contribution in [2.75, 3.05) is 6.26 Å². The molecule has 0 fully saturated rings. The number of nitrogens with zero attached hydrogens (tertiary/aromatic N) is 3. The molecule has 0 aliphatic rings. The maximum absolute atomic E-state index is 12.2. The van der Waals surface area contributed by atoms with E-state index in [-0.39, 0.29) is 6.61 Å². The van der Waals surface area contributed by atoms with Crippen molar-refractivity contribution >= 4 is 23.2 Å². The third-order valence-electron chi connectivity index (χ3n) is 3.42. The van der Waals surface area contributed by atoms with Crippen LogP contribution in [0.1, 0.15) is 21.5 Å². The Hall–Kier alpha value is -2.78. The molecule has 0 unspecified atom stereocenters. The number of esters is 1. The molecular weight excluding hydrogens is 310 g/mol. The molecule has 5 nitrogen and oxygen atoms in total. The van der Waals surface area contributed by atoms with E-state index in [4.69, 9.17) is 4.74 Å². The van der Waals surface area contributed by atoms with Crippen LogP contribution in [0.25, 0.3) is 5.52 Å². The fourth-order valence-electron chi connectivity index (χ4n) is 2.35. The minimum absolute atomic E-state index is 0.0477. The van der Waals surface area contributed by atoms with Crippen molar-refractivity contribution in [3.8, 4) is 6.07 Å². The Kier molecular flexibility index (Phi) is 4.31. The van der Waals surface area contributed by atoms with Crippen LogP contribution in [0.4, 0.5) is 0 Å². The maximum Gasteiger partial charge on any atom is 0.341 e. The lowest BCUT2D eigenvalue weighted by atomic mass is 10.2. The lowest BCUT2D eigenvalue weighted by Gasteiger charge is -2.06. The van der Waals surface area contributed by atoms with Crippen LogP contribution >= 0.6 is 11.8 Å². The lowest BCUT2D eigenvalue weighted by Crippen LogP contribution is -2.07. The second-order valence-electron chi connectivity index (χ2n) is 4.77. The summed E-state index contributed by atoms with van der Waals surface area (Å²) in [7, 11) is 0. The van der Waals surface area contributed by atoms with Gasteiger partial charge in [-0.2, -0.15) is 5.26 Å². The zero-order chi connectivity index (χ0) is 16.2. The van der Waals surface area contributed by atoms with Crippen LogP contribution in [0, 0.1) is 11.3 Å². The summed E-state index contributed by atoms with van der Waals surface area (Å²) in [6, 6.07) is 11.2. The van der Waals surface area contributed by atoms with Crippen LogP contribution in [0.15, 0.2) is 53.9 Å². The van der Waals surface area contributed by atoms with Gasteiger partial charge in [0.05, 0.1) is 16.6 Å². The van der Waals surface area contributed by atoms with Crippen LogP contribution in [0.5, 0.6) is 0 Å². The van der Waals surface area contributed by atoms with Gasteiger partial charge >= 0.3 is 5.97 Å². The Morgan fingerprint density at radius 2 is 2.26 bits per heavy atom. The molecule has 0 aliphatic heterocycles. The molecule has 3 aromatic rings. The predicted octanol–water partition coefficient (Wildman–Crippen LogP) is 3.28. The number of thioether (sulfide) groups is 1. The fraction of sp³-hybridized carbons (Fsp3) is 0.118. The molecule has 0 amide bonds. The number of carbonyl (C=O) groups is 1. The highest BCUT2D eigenvalue weighted by Crippen LogP contribution is 2.21. The molecule has 0 atom stereocenters. The molecule has 23 heavy (non-hydrogen) atoms. The van der Waals surface area contributed by atoms with Gasteiger partial charge in [-0.1, -0.05) is 6.07 Å². The third-order valence-corrected chi connectivity index (χ3v) is 4.13. The fourth-order valence-corrected chi connectivity index (χ4v) is 2.88. The van der Waals surface area contributed by atoms with Gasteiger partial charge in [0.15, 0.2) is 0 Å². The standard InChI is InChI=1S/C17H13N3O2S/c1-23-16-13(5-4-7-19-16)17(21)22-11-12-10-20-8-3-2-6-15(20)14(12)9-18/h2-8,10H,11H2,1H3. The Balaban J connectivity index is 1.84. The Morgan fingerprint density at radius 3 is 3.04 bits per heavy atom. The summed E-state index contributed by atoms with van der Waals surface area (Å²) in [5.41, 5.74) is 2.44. The van der Waals surface area contributed by atoms with Gasteiger partial charge < -0.3 is 9.14 Å². The summed E-state index contributed by atoms with van der Waals surface area (Å²) in [6.45, 7) is 0.0477. The molecule has 0 saturated heterocycles. The molecule has 0 aliphatic carbocycles. The van der Waals surface area contributed by atoms with Crippen LogP contribution in [0.2, 0.25) is 0 Å². The van der Waals surface area contributed by atoms with Gasteiger partial charge in [-0.25, -0.2) is 9.78 Å². The summed E-state index contributed by atoms with van der Waals surface area (Å²) >= 11 is 1.39. The van der Waals surface area contributed by atoms with Crippen LogP contribution in [0.3, 0.4) is 0 Å². The number of pyridine rings is 2. The minimum atomic E-state index is -0.443. The van der Waals surface area contributed by atoms with Gasteiger partial charge in [0.2, 0.25) is 0 Å². The average Bonchev–Trinajstić information content (AvgIpc) is 2.97. The highest BCUT2D eigenvalue weighted by Gasteiger charge is 2.16. The molecule has 3 rings (SSSR count). The van der Waals surface area contributed by atoms with E-state index in [1.165, 1.54) is 11.8 Å². The van der Waals surface area contributed by atoms with Crippen molar-refractivity contribution < 1.29 is 9.53 Å². The van der Waals surface area contributed by atoms with Gasteiger partial charge in [-0.15, -0.1) is 11.8 Å². The summed E-state index contributed by atoms with van der Waals surface area (Å²) in [6.07, 6.45) is 7.15. The van der Waals surface area contributed by atoms with Crippen molar-refractivity contribution in [2.45, 2.75) is 11.6 Å². The number of hydrogen-bond donors (Lipinski definition) is 0. The normalized spacial score (nSPS) is 10.4. The Labute approximate surface area is 137 Å². The van der Waals surface area contributed by atoms with E-state index >= 15 is 0 Å². The van der Waals surface area contributed by atoms with Crippen molar-refractivity contribution in [3.63, 3.8) is 0 Å². The molecule has 0 spiro atoms. The van der Waals surface area contributed by atoms with Gasteiger partial charge in [-0.3, -0.25) is 0 Å². The van der Waals surface area contributed by atoms with E-state index < -0.39 is 5.97 Å². The van der Waals surface area contributed by atoms with Crippen LogP contribution in [-0.2, 0) is 11.3 Å². The largest absolute Gasteiger partial charge is 0.457 e. The number of carbonyl (C=O) groups excluding carboxylic acids is 1. The van der Waals surface area contributed by atoms with Crippen molar-refractivity contribution in [3.05, 3.63) is 65.6 Å². The first-order valence-electron chi connectivity index (χ1n) is 6.89. The highest BCUT2D eigenvalue weighted by atomic mass is 32.2. The number of aromatic nitrogens is 2. The topological polar surface area (TPSA) is 67.4 Å². The molecule has 3 aromatic heterocycles. The zero-order valence-electron chi connectivity index (χ0n) is 12.4. The lowest BCUT2D eigenvalue weighted by molar-refractivity contribution is 0.0467. The molecule has 0 radical (unpaired) electrons.